The fourth-order valence-electron chi connectivity index (χ4n) is 1.78. The third-order valence-electron chi connectivity index (χ3n) is 2.96. The van der Waals surface area contributed by atoms with Gasteiger partial charge in [0.25, 0.3) is 0 Å². The Morgan fingerprint density at radius 1 is 1.33 bits per heavy atom. The van der Waals surface area contributed by atoms with E-state index in [1.165, 1.54) is 7.11 Å². The highest BCUT2D eigenvalue weighted by molar-refractivity contribution is 5.41. The first kappa shape index (κ1) is 14.8. The van der Waals surface area contributed by atoms with E-state index in [9.17, 15) is 5.11 Å². The van der Waals surface area contributed by atoms with Crippen molar-refractivity contribution in [2.45, 2.75) is 26.8 Å². The first-order valence-electron chi connectivity index (χ1n) is 6.16. The van der Waals surface area contributed by atoms with Gasteiger partial charge in [0, 0.05) is 19.7 Å². The molecular formula is C14H23NO3. The first-order valence-corrected chi connectivity index (χ1v) is 6.16. The lowest BCUT2D eigenvalue weighted by atomic mass is 9.90. The molecule has 0 radical (unpaired) electrons. The maximum absolute atomic E-state index is 9.65. The van der Waals surface area contributed by atoms with Gasteiger partial charge in [-0.05, 0) is 29.5 Å². The molecule has 1 aromatic rings. The molecule has 0 amide bonds. The van der Waals surface area contributed by atoms with Crippen LogP contribution in [0.15, 0.2) is 18.2 Å². The van der Waals surface area contributed by atoms with Gasteiger partial charge in [-0.25, -0.2) is 0 Å². The second kappa shape index (κ2) is 6.61. The van der Waals surface area contributed by atoms with Crippen molar-refractivity contribution in [2.75, 3.05) is 20.3 Å². The van der Waals surface area contributed by atoms with Crippen molar-refractivity contribution >= 4 is 0 Å². The first-order chi connectivity index (χ1) is 8.48. The van der Waals surface area contributed by atoms with Crippen LogP contribution in [0.5, 0.6) is 11.5 Å². The number of aliphatic hydroxyl groups is 1. The van der Waals surface area contributed by atoms with Crippen molar-refractivity contribution in [1.82, 2.24) is 5.32 Å². The number of phenols is 1. The minimum Gasteiger partial charge on any atom is -0.504 e. The number of methoxy groups -OCH3 is 1. The van der Waals surface area contributed by atoms with E-state index in [0.29, 0.717) is 12.3 Å². The Morgan fingerprint density at radius 2 is 2.06 bits per heavy atom. The summed E-state index contributed by atoms with van der Waals surface area (Å²) in [5.74, 6) is 0.644. The van der Waals surface area contributed by atoms with Gasteiger partial charge < -0.3 is 20.3 Å². The Morgan fingerprint density at radius 3 is 2.61 bits per heavy atom. The maximum Gasteiger partial charge on any atom is 0.160 e. The van der Waals surface area contributed by atoms with Gasteiger partial charge in [0.1, 0.15) is 0 Å². The molecule has 4 heteroatoms. The van der Waals surface area contributed by atoms with Crippen LogP contribution < -0.4 is 10.1 Å². The van der Waals surface area contributed by atoms with Crippen LogP contribution in [0.25, 0.3) is 0 Å². The van der Waals surface area contributed by atoms with Gasteiger partial charge >= 0.3 is 0 Å². The molecule has 0 bridgehead atoms. The zero-order valence-corrected chi connectivity index (χ0v) is 11.4. The number of hydrogen-bond donors (Lipinski definition) is 3. The summed E-state index contributed by atoms with van der Waals surface area (Å²) in [6.07, 6.45) is 0.772. The van der Waals surface area contributed by atoms with E-state index in [1.54, 1.807) is 12.1 Å². The molecule has 0 saturated carbocycles. The number of hydrogen-bond acceptors (Lipinski definition) is 4. The lowest BCUT2D eigenvalue weighted by Gasteiger charge is -2.24. The van der Waals surface area contributed by atoms with E-state index in [0.717, 1.165) is 18.5 Å². The number of phenolic OH excluding ortho intramolecular Hbond substituents is 1. The average Bonchev–Trinajstić information content (AvgIpc) is 2.29. The third-order valence-corrected chi connectivity index (χ3v) is 2.96. The Hall–Kier alpha value is -1.26. The maximum atomic E-state index is 9.65. The van der Waals surface area contributed by atoms with E-state index in [-0.39, 0.29) is 17.8 Å². The molecule has 0 aliphatic carbocycles. The quantitative estimate of drug-likeness (QED) is 0.694. The van der Waals surface area contributed by atoms with Gasteiger partial charge in [0.05, 0.1) is 7.11 Å². The van der Waals surface area contributed by atoms with Crippen molar-refractivity contribution in [3.8, 4) is 11.5 Å². The SMILES string of the molecule is COc1ccc(CNCC(C)(C)CCO)cc1O. The van der Waals surface area contributed by atoms with Gasteiger partial charge in [-0.3, -0.25) is 0 Å². The van der Waals surface area contributed by atoms with Crippen LogP contribution in [0.4, 0.5) is 0 Å². The number of aromatic hydroxyl groups is 1. The van der Waals surface area contributed by atoms with Crippen LogP contribution in [0.3, 0.4) is 0 Å². The topological polar surface area (TPSA) is 61.7 Å². The highest BCUT2D eigenvalue weighted by Crippen LogP contribution is 2.26. The van der Waals surface area contributed by atoms with E-state index >= 15 is 0 Å². The predicted molar refractivity (Wildman–Crippen MR) is 71.8 cm³/mol. The molecule has 0 aromatic heterocycles. The molecule has 0 fully saturated rings. The third kappa shape index (κ3) is 4.55. The minimum absolute atomic E-state index is 0.0727. The zero-order chi connectivity index (χ0) is 13.6. The van der Waals surface area contributed by atoms with Crippen molar-refractivity contribution in [1.29, 1.82) is 0 Å². The molecule has 0 atom stereocenters. The van der Waals surface area contributed by atoms with Crippen molar-refractivity contribution < 1.29 is 14.9 Å². The van der Waals surface area contributed by atoms with Crippen LogP contribution in [0, 0.1) is 5.41 Å². The summed E-state index contributed by atoms with van der Waals surface area (Å²) in [6.45, 7) is 5.94. The lowest BCUT2D eigenvalue weighted by Crippen LogP contribution is -2.29. The molecule has 102 valence electrons. The van der Waals surface area contributed by atoms with Gasteiger partial charge in [-0.15, -0.1) is 0 Å². The zero-order valence-electron chi connectivity index (χ0n) is 11.4. The van der Waals surface area contributed by atoms with Crippen molar-refractivity contribution in [3.63, 3.8) is 0 Å². The largest absolute Gasteiger partial charge is 0.504 e. The molecule has 0 spiro atoms. The standard InChI is InChI=1S/C14H23NO3/c1-14(2,6-7-16)10-15-9-11-4-5-13(18-3)12(17)8-11/h4-5,8,15-17H,6-7,9-10H2,1-3H3. The minimum atomic E-state index is 0.0727. The van der Waals surface area contributed by atoms with Gasteiger partial charge in [0.2, 0.25) is 0 Å². The molecule has 0 saturated heterocycles. The molecule has 0 unspecified atom stereocenters. The van der Waals surface area contributed by atoms with Crippen LogP contribution >= 0.6 is 0 Å². The average molecular weight is 253 g/mol. The molecular weight excluding hydrogens is 230 g/mol. The second-order valence-corrected chi connectivity index (χ2v) is 5.25. The molecule has 1 aromatic carbocycles. The van der Waals surface area contributed by atoms with E-state index < -0.39 is 0 Å². The normalized spacial score (nSPS) is 11.6. The number of aliphatic hydroxyl groups excluding tert-OH is 1. The molecule has 0 heterocycles. The monoisotopic (exact) mass is 253 g/mol. The Labute approximate surface area is 109 Å². The summed E-state index contributed by atoms with van der Waals surface area (Å²) >= 11 is 0. The predicted octanol–water partition coefficient (Wildman–Crippen LogP) is 1.90. The van der Waals surface area contributed by atoms with E-state index in [2.05, 4.69) is 19.2 Å². The smallest absolute Gasteiger partial charge is 0.160 e. The lowest BCUT2D eigenvalue weighted by molar-refractivity contribution is 0.207. The van der Waals surface area contributed by atoms with Crippen LogP contribution in [0.2, 0.25) is 0 Å². The van der Waals surface area contributed by atoms with Crippen LogP contribution in [-0.2, 0) is 6.54 Å². The van der Waals surface area contributed by atoms with Crippen LogP contribution in [-0.4, -0.2) is 30.5 Å². The van der Waals surface area contributed by atoms with Crippen molar-refractivity contribution in [3.05, 3.63) is 23.8 Å². The van der Waals surface area contributed by atoms with Gasteiger partial charge in [-0.2, -0.15) is 0 Å². The summed E-state index contributed by atoms with van der Waals surface area (Å²) < 4.78 is 4.99. The summed E-state index contributed by atoms with van der Waals surface area (Å²) in [7, 11) is 1.53. The number of nitrogens with one attached hydrogen (secondary N) is 1. The Bertz CT molecular complexity index is 377. The molecule has 3 N–H and O–H groups in total. The number of ether oxygens (including phenoxy) is 1. The van der Waals surface area contributed by atoms with Crippen LogP contribution in [0.1, 0.15) is 25.8 Å². The molecule has 0 aliphatic rings. The van der Waals surface area contributed by atoms with E-state index in [1.807, 2.05) is 6.07 Å². The molecule has 4 nitrogen and oxygen atoms in total. The molecule has 1 rings (SSSR count). The number of rotatable bonds is 7. The molecule has 0 aliphatic heterocycles. The summed E-state index contributed by atoms with van der Waals surface area (Å²) in [5, 5.41) is 21.9. The van der Waals surface area contributed by atoms with Gasteiger partial charge in [-0.1, -0.05) is 19.9 Å². The fourth-order valence-corrected chi connectivity index (χ4v) is 1.78. The van der Waals surface area contributed by atoms with Crippen molar-refractivity contribution in [2.24, 2.45) is 5.41 Å². The summed E-state index contributed by atoms with van der Waals surface area (Å²) in [4.78, 5) is 0. The Kier molecular flexibility index (Phi) is 5.44. The Balaban J connectivity index is 2.47. The van der Waals surface area contributed by atoms with E-state index in [4.69, 9.17) is 9.84 Å². The summed E-state index contributed by atoms with van der Waals surface area (Å²) in [6, 6.07) is 5.38. The fraction of sp³-hybridized carbons (Fsp3) is 0.571. The highest BCUT2D eigenvalue weighted by Gasteiger charge is 2.16. The summed E-state index contributed by atoms with van der Waals surface area (Å²) in [5.41, 5.74) is 1.08. The van der Waals surface area contributed by atoms with Gasteiger partial charge in [0.15, 0.2) is 11.5 Å². The highest BCUT2D eigenvalue weighted by atomic mass is 16.5. The number of benzene rings is 1. The second-order valence-electron chi connectivity index (χ2n) is 5.25. The molecule has 18 heavy (non-hydrogen) atoms.